The van der Waals surface area contributed by atoms with Crippen LogP contribution in [0.3, 0.4) is 0 Å². The molecule has 8 nitrogen and oxygen atoms in total. The maximum atomic E-state index is 13.6. The van der Waals surface area contributed by atoms with Crippen LogP contribution in [-0.4, -0.2) is 51.8 Å². The van der Waals surface area contributed by atoms with E-state index >= 15 is 0 Å². The minimum Gasteiger partial charge on any atom is -0.389 e. The van der Waals surface area contributed by atoms with E-state index in [9.17, 15) is 18.0 Å². The predicted octanol–water partition coefficient (Wildman–Crippen LogP) is 2.38. The molecule has 1 saturated heterocycles. The Bertz CT molecular complexity index is 1190. The molecule has 2 aromatic rings. The fourth-order valence-corrected chi connectivity index (χ4v) is 5.62. The van der Waals surface area contributed by atoms with Gasteiger partial charge in [-0.3, -0.25) is 9.59 Å². The summed E-state index contributed by atoms with van der Waals surface area (Å²) in [7, 11) is -3.97. The standard InChI is InChI=1S/C28H37N3O5S/c1-28(2,27(33)24-19-31-15-16-36-24)18-23(29)26(32)21(14-13-20-9-5-3-6-10-20)17-25(30)37(34,35)22-11-7-4-8-12-22/h3-12,17,21,23-24,31H,13-16,18-19,29-30H2,1-2H3/t21-,23-,24?/m0/s1. The summed E-state index contributed by atoms with van der Waals surface area (Å²) in [6, 6.07) is 16.4. The van der Waals surface area contributed by atoms with Crippen molar-refractivity contribution < 1.29 is 22.7 Å². The van der Waals surface area contributed by atoms with Gasteiger partial charge in [-0.25, -0.2) is 8.42 Å². The van der Waals surface area contributed by atoms with Gasteiger partial charge in [0.25, 0.3) is 0 Å². The lowest BCUT2D eigenvalue weighted by Crippen LogP contribution is -2.50. The highest BCUT2D eigenvalue weighted by Crippen LogP contribution is 2.28. The quantitative estimate of drug-likeness (QED) is 0.382. The highest BCUT2D eigenvalue weighted by atomic mass is 32.2. The molecule has 3 rings (SSSR count). The van der Waals surface area contributed by atoms with Crippen molar-refractivity contribution in [1.29, 1.82) is 0 Å². The SMILES string of the molecule is CC(C)(C[C@H](N)C(=O)[C@H](C=C(N)S(=O)(=O)c1ccccc1)CCc1ccccc1)C(=O)C1CNCCO1. The van der Waals surface area contributed by atoms with Crippen molar-refractivity contribution in [3.05, 3.63) is 77.3 Å². The lowest BCUT2D eigenvalue weighted by molar-refractivity contribution is -0.141. The molecule has 1 unspecified atom stereocenters. The number of sulfone groups is 1. The van der Waals surface area contributed by atoms with Crippen LogP contribution in [0.5, 0.6) is 0 Å². The second kappa shape index (κ2) is 12.6. The molecule has 0 spiro atoms. The zero-order valence-corrected chi connectivity index (χ0v) is 22.2. The summed E-state index contributed by atoms with van der Waals surface area (Å²) in [6.45, 7) is 5.05. The van der Waals surface area contributed by atoms with E-state index in [0.717, 1.165) is 5.56 Å². The number of benzene rings is 2. The first kappa shape index (κ1) is 28.7. The van der Waals surface area contributed by atoms with Gasteiger partial charge in [0.05, 0.1) is 17.5 Å². The van der Waals surface area contributed by atoms with Gasteiger partial charge in [-0.05, 0) is 43.0 Å². The lowest BCUT2D eigenvalue weighted by atomic mass is 9.77. The third-order valence-corrected chi connectivity index (χ3v) is 8.31. The third kappa shape index (κ3) is 7.58. The molecule has 5 N–H and O–H groups in total. The van der Waals surface area contributed by atoms with Crippen LogP contribution in [0.25, 0.3) is 0 Å². The largest absolute Gasteiger partial charge is 0.389 e. The topological polar surface area (TPSA) is 142 Å². The smallest absolute Gasteiger partial charge is 0.220 e. The van der Waals surface area contributed by atoms with Crippen LogP contribution in [0.15, 0.2) is 76.7 Å². The third-order valence-electron chi connectivity index (χ3n) is 6.66. The molecule has 1 aliphatic rings. The zero-order valence-electron chi connectivity index (χ0n) is 21.4. The Morgan fingerprint density at radius 1 is 1.11 bits per heavy atom. The Balaban J connectivity index is 1.82. The first-order valence-corrected chi connectivity index (χ1v) is 14.0. The van der Waals surface area contributed by atoms with Gasteiger partial charge in [0.15, 0.2) is 11.6 Å². The molecule has 0 radical (unpaired) electrons. The summed E-state index contributed by atoms with van der Waals surface area (Å²) in [5.41, 5.74) is 12.5. The van der Waals surface area contributed by atoms with Crippen molar-refractivity contribution in [2.24, 2.45) is 22.8 Å². The normalized spacial score (nSPS) is 18.7. The van der Waals surface area contributed by atoms with Crippen LogP contribution < -0.4 is 16.8 Å². The van der Waals surface area contributed by atoms with E-state index in [4.69, 9.17) is 16.2 Å². The number of nitrogens with two attached hydrogens (primary N) is 2. The molecule has 1 aliphatic heterocycles. The molecule has 200 valence electrons. The van der Waals surface area contributed by atoms with E-state index < -0.39 is 38.3 Å². The van der Waals surface area contributed by atoms with E-state index in [-0.39, 0.29) is 22.9 Å². The molecule has 0 bridgehead atoms. The Morgan fingerprint density at radius 2 is 1.73 bits per heavy atom. The van der Waals surface area contributed by atoms with Crippen molar-refractivity contribution in [3.63, 3.8) is 0 Å². The number of nitrogens with one attached hydrogen (secondary N) is 1. The van der Waals surface area contributed by atoms with E-state index in [1.165, 1.54) is 18.2 Å². The number of carbonyl (C=O) groups excluding carboxylic acids is 2. The minimum absolute atomic E-state index is 0.0510. The van der Waals surface area contributed by atoms with E-state index in [1.807, 2.05) is 30.3 Å². The number of aryl methyl sites for hydroxylation is 1. The molecule has 0 aromatic heterocycles. The highest BCUT2D eigenvalue weighted by Gasteiger charge is 2.38. The molecular formula is C28H37N3O5S. The summed E-state index contributed by atoms with van der Waals surface area (Å²) in [4.78, 5) is 26.7. The minimum atomic E-state index is -3.97. The number of hydrogen-bond acceptors (Lipinski definition) is 8. The number of rotatable bonds is 12. The summed E-state index contributed by atoms with van der Waals surface area (Å²) in [5, 5.41) is 2.75. The number of ketones is 2. The van der Waals surface area contributed by atoms with Crippen molar-refractivity contribution in [1.82, 2.24) is 5.32 Å². The number of allylic oxidation sites excluding steroid dienone is 1. The summed E-state index contributed by atoms with van der Waals surface area (Å²) >= 11 is 0. The van der Waals surface area contributed by atoms with Crippen LogP contribution >= 0.6 is 0 Å². The van der Waals surface area contributed by atoms with Crippen LogP contribution in [0.2, 0.25) is 0 Å². The van der Waals surface area contributed by atoms with Crippen molar-refractivity contribution in [2.45, 2.75) is 50.2 Å². The molecule has 0 amide bonds. The Hall–Kier alpha value is -2.85. The van der Waals surface area contributed by atoms with E-state index in [1.54, 1.807) is 32.0 Å². The lowest BCUT2D eigenvalue weighted by Gasteiger charge is -2.32. The van der Waals surface area contributed by atoms with E-state index in [0.29, 0.717) is 32.5 Å². The van der Waals surface area contributed by atoms with Gasteiger partial charge in [-0.2, -0.15) is 0 Å². The fourth-order valence-electron chi connectivity index (χ4n) is 4.49. The van der Waals surface area contributed by atoms with Crippen molar-refractivity contribution in [2.75, 3.05) is 19.7 Å². The van der Waals surface area contributed by atoms with Crippen LogP contribution in [-0.2, 0) is 30.6 Å². The zero-order chi connectivity index (χ0) is 27.1. The van der Waals surface area contributed by atoms with E-state index in [2.05, 4.69) is 5.32 Å². The molecule has 1 fully saturated rings. The Morgan fingerprint density at radius 3 is 2.32 bits per heavy atom. The second-order valence-electron chi connectivity index (χ2n) is 10.0. The van der Waals surface area contributed by atoms with Gasteiger partial charge in [-0.1, -0.05) is 62.4 Å². The molecule has 1 heterocycles. The predicted molar refractivity (Wildman–Crippen MR) is 143 cm³/mol. The van der Waals surface area contributed by atoms with Crippen LogP contribution in [0, 0.1) is 11.3 Å². The summed E-state index contributed by atoms with van der Waals surface area (Å²) < 4.78 is 31.7. The maximum absolute atomic E-state index is 13.6. The molecule has 9 heteroatoms. The monoisotopic (exact) mass is 527 g/mol. The summed E-state index contributed by atoms with van der Waals surface area (Å²) in [6.07, 6.45) is 1.67. The first-order valence-electron chi connectivity index (χ1n) is 12.5. The summed E-state index contributed by atoms with van der Waals surface area (Å²) in [5.74, 6) is -1.32. The average Bonchev–Trinajstić information content (AvgIpc) is 2.91. The second-order valence-corrected chi connectivity index (χ2v) is 12.0. The van der Waals surface area contributed by atoms with Gasteiger partial charge in [-0.15, -0.1) is 0 Å². The molecule has 3 atom stereocenters. The van der Waals surface area contributed by atoms with Crippen LogP contribution in [0.4, 0.5) is 0 Å². The van der Waals surface area contributed by atoms with Gasteiger partial charge in [0.2, 0.25) is 9.84 Å². The molecule has 0 saturated carbocycles. The first-order chi connectivity index (χ1) is 17.5. The molecule has 37 heavy (non-hydrogen) atoms. The molecule has 0 aliphatic carbocycles. The highest BCUT2D eigenvalue weighted by molar-refractivity contribution is 7.95. The molecule has 2 aromatic carbocycles. The Labute approximate surface area is 219 Å². The molecular weight excluding hydrogens is 490 g/mol. The fraction of sp³-hybridized carbons (Fsp3) is 0.429. The number of ether oxygens (including phenoxy) is 1. The van der Waals surface area contributed by atoms with Crippen LogP contribution in [0.1, 0.15) is 32.3 Å². The van der Waals surface area contributed by atoms with Gasteiger partial charge < -0.3 is 21.5 Å². The van der Waals surface area contributed by atoms with Gasteiger partial charge in [0.1, 0.15) is 11.1 Å². The van der Waals surface area contributed by atoms with Gasteiger partial charge >= 0.3 is 0 Å². The number of Topliss-reactive ketones (excluding diaryl/α,β-unsaturated/α-hetero) is 2. The Kier molecular flexibility index (Phi) is 9.78. The van der Waals surface area contributed by atoms with Crippen molar-refractivity contribution in [3.8, 4) is 0 Å². The number of carbonyl (C=O) groups is 2. The number of morpholine rings is 1. The number of hydrogen-bond donors (Lipinski definition) is 3. The average molecular weight is 528 g/mol. The maximum Gasteiger partial charge on any atom is 0.220 e. The van der Waals surface area contributed by atoms with Gasteiger partial charge in [0, 0.05) is 24.4 Å². The van der Waals surface area contributed by atoms with Crippen molar-refractivity contribution >= 4 is 21.4 Å².